The summed E-state index contributed by atoms with van der Waals surface area (Å²) in [4.78, 5) is 4.79. The quantitative estimate of drug-likeness (QED) is 0.710. The molecule has 0 radical (unpaired) electrons. The van der Waals surface area contributed by atoms with E-state index in [1.54, 1.807) is 6.92 Å². The monoisotopic (exact) mass is 255 g/mol. The van der Waals surface area contributed by atoms with E-state index in [9.17, 15) is 13.2 Å². The Morgan fingerprint density at radius 2 is 1.94 bits per heavy atom. The lowest BCUT2D eigenvalue weighted by Gasteiger charge is -2.32. The van der Waals surface area contributed by atoms with Crippen LogP contribution >= 0.6 is 0 Å². The molecule has 0 saturated carbocycles. The largest absolute Gasteiger partial charge is 0.432 e. The Morgan fingerprint density at radius 1 is 1.38 bits per heavy atom. The van der Waals surface area contributed by atoms with Crippen LogP contribution in [0.2, 0.25) is 19.6 Å². The van der Waals surface area contributed by atoms with Gasteiger partial charge >= 0.3 is 6.18 Å². The molecule has 0 unspecified atom stereocenters. The maximum absolute atomic E-state index is 12.3. The molecule has 2 atom stereocenters. The standard InChI is InChI=1S/C9H16F3NO2Si/c1-6-5-7(9(10,11)12)13-14-8(6)15-16(2,3)4/h6,8H,5H2,1-4H3/t6-,8+/m1/s1. The van der Waals surface area contributed by atoms with Crippen molar-refractivity contribution in [1.29, 1.82) is 0 Å². The van der Waals surface area contributed by atoms with Crippen LogP contribution in [0.3, 0.4) is 0 Å². The van der Waals surface area contributed by atoms with E-state index >= 15 is 0 Å². The number of halogens is 3. The van der Waals surface area contributed by atoms with E-state index < -0.39 is 26.5 Å². The molecule has 1 aliphatic heterocycles. The smallest absolute Gasteiger partial charge is 0.382 e. The molecule has 1 aliphatic rings. The Bertz CT molecular complexity index is 285. The van der Waals surface area contributed by atoms with Gasteiger partial charge in [0.15, 0.2) is 14.0 Å². The normalized spacial score (nSPS) is 27.3. The van der Waals surface area contributed by atoms with E-state index in [0.29, 0.717) is 0 Å². The van der Waals surface area contributed by atoms with Gasteiger partial charge in [-0.05, 0) is 19.6 Å². The zero-order valence-electron chi connectivity index (χ0n) is 9.76. The van der Waals surface area contributed by atoms with Crippen LogP contribution in [-0.2, 0) is 9.26 Å². The second-order valence-electron chi connectivity index (χ2n) is 4.92. The van der Waals surface area contributed by atoms with Crippen LogP contribution in [0.15, 0.2) is 5.16 Å². The molecular weight excluding hydrogens is 239 g/mol. The molecule has 0 amide bonds. The topological polar surface area (TPSA) is 30.8 Å². The summed E-state index contributed by atoms with van der Waals surface area (Å²) in [6.07, 6.45) is -5.21. The van der Waals surface area contributed by atoms with Crippen LogP contribution in [0.4, 0.5) is 13.2 Å². The number of hydrogen-bond donors (Lipinski definition) is 0. The van der Waals surface area contributed by atoms with E-state index in [1.165, 1.54) is 0 Å². The van der Waals surface area contributed by atoms with E-state index in [1.807, 2.05) is 19.6 Å². The first-order valence-electron chi connectivity index (χ1n) is 5.07. The van der Waals surface area contributed by atoms with Crippen molar-refractivity contribution < 1.29 is 22.4 Å². The van der Waals surface area contributed by atoms with Crippen LogP contribution in [0.1, 0.15) is 13.3 Å². The van der Waals surface area contributed by atoms with Gasteiger partial charge in [-0.1, -0.05) is 12.1 Å². The Kier molecular flexibility index (Phi) is 3.68. The Morgan fingerprint density at radius 3 is 2.31 bits per heavy atom. The highest BCUT2D eigenvalue weighted by Crippen LogP contribution is 2.29. The molecule has 3 nitrogen and oxygen atoms in total. The first kappa shape index (κ1) is 13.5. The lowest BCUT2D eigenvalue weighted by molar-refractivity contribution is -0.136. The summed E-state index contributed by atoms with van der Waals surface area (Å²) in [7, 11) is -1.83. The number of hydrogen-bond acceptors (Lipinski definition) is 3. The minimum atomic E-state index is -4.40. The van der Waals surface area contributed by atoms with Crippen molar-refractivity contribution in [3.05, 3.63) is 0 Å². The van der Waals surface area contributed by atoms with E-state index in [2.05, 4.69) is 5.16 Å². The minimum Gasteiger partial charge on any atom is -0.382 e. The van der Waals surface area contributed by atoms with Crippen molar-refractivity contribution in [3.8, 4) is 0 Å². The summed E-state index contributed by atoms with van der Waals surface area (Å²) < 4.78 is 42.6. The van der Waals surface area contributed by atoms with Crippen molar-refractivity contribution in [1.82, 2.24) is 0 Å². The zero-order chi connectivity index (χ0) is 12.6. The summed E-state index contributed by atoms with van der Waals surface area (Å²) in [6, 6.07) is 0. The summed E-state index contributed by atoms with van der Waals surface area (Å²) in [5.41, 5.74) is -0.865. The van der Waals surface area contributed by atoms with Gasteiger partial charge in [-0.15, -0.1) is 0 Å². The summed E-state index contributed by atoms with van der Waals surface area (Å²) in [6.45, 7) is 7.52. The van der Waals surface area contributed by atoms with Crippen LogP contribution < -0.4 is 0 Å². The fourth-order valence-electron chi connectivity index (χ4n) is 1.31. The van der Waals surface area contributed by atoms with Crippen LogP contribution in [-0.4, -0.2) is 26.5 Å². The number of oxime groups is 1. The molecule has 94 valence electrons. The Labute approximate surface area is 93.7 Å². The molecule has 0 spiro atoms. The number of nitrogens with zero attached hydrogens (tertiary/aromatic N) is 1. The maximum Gasteiger partial charge on any atom is 0.432 e. The Hall–Kier alpha value is -0.563. The molecule has 0 aromatic carbocycles. The number of rotatable bonds is 2. The first-order valence-corrected chi connectivity index (χ1v) is 8.48. The predicted molar refractivity (Wildman–Crippen MR) is 56.6 cm³/mol. The average Bonchev–Trinajstić information content (AvgIpc) is 2.04. The van der Waals surface area contributed by atoms with Crippen molar-refractivity contribution in [2.45, 2.75) is 45.5 Å². The molecule has 0 fully saturated rings. The van der Waals surface area contributed by atoms with Gasteiger partial charge in [-0.2, -0.15) is 13.2 Å². The highest BCUT2D eigenvalue weighted by molar-refractivity contribution is 6.69. The third-order valence-electron chi connectivity index (χ3n) is 2.04. The van der Waals surface area contributed by atoms with Gasteiger partial charge in [0.1, 0.15) is 0 Å². The molecule has 0 saturated heterocycles. The fourth-order valence-corrected chi connectivity index (χ4v) is 2.28. The third-order valence-corrected chi connectivity index (χ3v) is 2.98. The van der Waals surface area contributed by atoms with Gasteiger partial charge in [-0.25, -0.2) is 0 Å². The molecule has 1 heterocycles. The van der Waals surface area contributed by atoms with E-state index in [-0.39, 0.29) is 12.3 Å². The van der Waals surface area contributed by atoms with Crippen molar-refractivity contribution in [3.63, 3.8) is 0 Å². The van der Waals surface area contributed by atoms with Gasteiger partial charge < -0.3 is 9.26 Å². The van der Waals surface area contributed by atoms with Crippen LogP contribution in [0.5, 0.6) is 0 Å². The van der Waals surface area contributed by atoms with Gasteiger partial charge in [-0.3, -0.25) is 0 Å². The highest BCUT2D eigenvalue weighted by Gasteiger charge is 2.42. The lowest BCUT2D eigenvalue weighted by Crippen LogP contribution is -2.41. The van der Waals surface area contributed by atoms with Crippen LogP contribution in [0.25, 0.3) is 0 Å². The summed E-state index contributed by atoms with van der Waals surface area (Å²) in [5, 5.41) is 3.11. The molecule has 0 aromatic heterocycles. The maximum atomic E-state index is 12.3. The average molecular weight is 255 g/mol. The molecular formula is C9H16F3NO2Si. The second-order valence-corrected chi connectivity index (χ2v) is 9.38. The summed E-state index contributed by atoms with van der Waals surface area (Å²) in [5.74, 6) is -0.333. The molecule has 1 rings (SSSR count). The lowest BCUT2D eigenvalue weighted by atomic mass is 10.0. The first-order chi connectivity index (χ1) is 7.09. The minimum absolute atomic E-state index is 0.154. The molecule has 0 aromatic rings. The second kappa shape index (κ2) is 4.36. The van der Waals surface area contributed by atoms with Crippen molar-refractivity contribution in [2.24, 2.45) is 11.1 Å². The molecule has 16 heavy (non-hydrogen) atoms. The zero-order valence-corrected chi connectivity index (χ0v) is 10.8. The summed E-state index contributed by atoms with van der Waals surface area (Å²) >= 11 is 0. The molecule has 0 aliphatic carbocycles. The Balaban J connectivity index is 2.67. The predicted octanol–water partition coefficient (Wildman–Crippen LogP) is 3.14. The van der Waals surface area contributed by atoms with Crippen LogP contribution in [0, 0.1) is 5.92 Å². The van der Waals surface area contributed by atoms with Gasteiger partial charge in [0.05, 0.1) is 0 Å². The van der Waals surface area contributed by atoms with Gasteiger partial charge in [0.2, 0.25) is 6.29 Å². The van der Waals surface area contributed by atoms with Crippen molar-refractivity contribution >= 4 is 14.0 Å². The molecule has 0 bridgehead atoms. The number of alkyl halides is 3. The van der Waals surface area contributed by atoms with Crippen molar-refractivity contribution in [2.75, 3.05) is 0 Å². The fraction of sp³-hybridized carbons (Fsp3) is 0.889. The van der Waals surface area contributed by atoms with E-state index in [4.69, 9.17) is 9.26 Å². The molecule has 7 heteroatoms. The molecule has 0 N–H and O–H groups in total. The van der Waals surface area contributed by atoms with E-state index in [0.717, 1.165) is 0 Å². The highest BCUT2D eigenvalue weighted by atomic mass is 28.4. The van der Waals surface area contributed by atoms with Gasteiger partial charge in [0, 0.05) is 12.3 Å². The SMILES string of the molecule is C[C@@H]1CC(C(F)(F)F)=NO[C@H]1O[Si](C)(C)C. The van der Waals surface area contributed by atoms with Gasteiger partial charge in [0.25, 0.3) is 0 Å². The third kappa shape index (κ3) is 3.78.